The SMILES string of the molecule is CCC1(S)C(S)(S)C(S)(S)C(S)(S)C1(S)SC. The lowest BCUT2D eigenvalue weighted by atomic mass is 10.0. The third-order valence-corrected chi connectivity index (χ3v) is 13.8. The lowest BCUT2D eigenvalue weighted by Gasteiger charge is -2.46. The van der Waals surface area contributed by atoms with E-state index >= 15 is 0 Å². The molecule has 0 heterocycles. The van der Waals surface area contributed by atoms with Gasteiger partial charge in [-0.05, 0) is 12.7 Å². The lowest BCUT2D eigenvalue weighted by molar-refractivity contribution is 0.571. The fraction of sp³-hybridized carbons (Fsp3) is 1.00. The first-order valence-corrected chi connectivity index (χ1v) is 9.51. The van der Waals surface area contributed by atoms with Gasteiger partial charge in [0.25, 0.3) is 0 Å². The molecular weight excluding hydrogens is 385 g/mol. The van der Waals surface area contributed by atoms with Crippen LogP contribution in [0.15, 0.2) is 0 Å². The second kappa shape index (κ2) is 5.11. The topological polar surface area (TPSA) is 0 Å². The van der Waals surface area contributed by atoms with E-state index in [-0.39, 0.29) is 0 Å². The average molecular weight is 401 g/mol. The summed E-state index contributed by atoms with van der Waals surface area (Å²) < 4.78 is -4.14. The monoisotopic (exact) mass is 400 g/mol. The maximum Gasteiger partial charge on any atom is 0.106 e. The largest absolute Gasteiger partial charge is 0.168 e. The van der Waals surface area contributed by atoms with Gasteiger partial charge < -0.3 is 0 Å². The highest BCUT2D eigenvalue weighted by Gasteiger charge is 2.80. The first-order valence-electron chi connectivity index (χ1n) is 4.71. The molecule has 1 saturated carbocycles. The molecule has 102 valence electrons. The van der Waals surface area contributed by atoms with Crippen LogP contribution in [-0.4, -0.2) is 27.3 Å². The van der Waals surface area contributed by atoms with E-state index in [0.717, 1.165) is 0 Å². The summed E-state index contributed by atoms with van der Waals surface area (Å²) in [6, 6.07) is 0. The Morgan fingerprint density at radius 1 is 0.765 bits per heavy atom. The molecule has 0 bridgehead atoms. The minimum Gasteiger partial charge on any atom is -0.168 e. The Morgan fingerprint density at radius 2 is 1.18 bits per heavy atom. The minimum absolute atomic E-state index is 0.651. The molecule has 0 nitrogen and oxygen atoms in total. The fourth-order valence-corrected chi connectivity index (χ4v) is 8.60. The van der Waals surface area contributed by atoms with E-state index in [2.05, 4.69) is 75.8 Å². The second-order valence-electron chi connectivity index (χ2n) is 4.08. The number of thioether (sulfide) groups is 1. The van der Waals surface area contributed by atoms with Crippen molar-refractivity contribution in [2.45, 2.75) is 34.4 Å². The molecule has 2 unspecified atom stereocenters. The van der Waals surface area contributed by atoms with Gasteiger partial charge in [0.1, 0.15) is 8.16 Å². The highest BCUT2D eigenvalue weighted by atomic mass is 32.2. The van der Waals surface area contributed by atoms with Gasteiger partial charge >= 0.3 is 0 Å². The van der Waals surface area contributed by atoms with Gasteiger partial charge in [0.05, 0.1) is 12.9 Å². The quantitative estimate of drug-likeness (QED) is 0.258. The Bertz CT molecular complexity index is 295. The van der Waals surface area contributed by atoms with Crippen molar-refractivity contribution in [3.63, 3.8) is 0 Å². The molecule has 0 aromatic carbocycles. The van der Waals surface area contributed by atoms with E-state index in [0.29, 0.717) is 6.42 Å². The summed E-state index contributed by atoms with van der Waals surface area (Å²) >= 11 is 38.9. The number of rotatable bonds is 2. The maximum atomic E-state index is 4.80. The predicted molar refractivity (Wildman–Crippen MR) is 109 cm³/mol. The summed E-state index contributed by atoms with van der Waals surface area (Å²) in [5.74, 6) is 0. The molecule has 0 aromatic rings. The molecule has 1 fully saturated rings. The van der Waals surface area contributed by atoms with Gasteiger partial charge in [0.2, 0.25) is 0 Å². The minimum atomic E-state index is -0.971. The second-order valence-corrected chi connectivity index (χ2v) is 11.9. The van der Waals surface area contributed by atoms with Crippen LogP contribution in [0.1, 0.15) is 13.3 Å². The molecule has 1 aliphatic rings. The van der Waals surface area contributed by atoms with Crippen molar-refractivity contribution in [1.29, 1.82) is 0 Å². The van der Waals surface area contributed by atoms with E-state index < -0.39 is 21.1 Å². The van der Waals surface area contributed by atoms with Crippen LogP contribution in [0.3, 0.4) is 0 Å². The number of hydrogen-bond donors (Lipinski definition) is 8. The van der Waals surface area contributed by atoms with Crippen molar-refractivity contribution < 1.29 is 0 Å². The molecule has 0 amide bonds. The molecule has 0 N–H and O–H groups in total. The molecule has 2 atom stereocenters. The van der Waals surface area contributed by atoms with Gasteiger partial charge in [-0.1, -0.05) is 6.92 Å². The van der Waals surface area contributed by atoms with Crippen molar-refractivity contribution in [2.24, 2.45) is 0 Å². The normalized spacial score (nSPS) is 42.7. The smallest absolute Gasteiger partial charge is 0.106 e. The van der Waals surface area contributed by atoms with E-state index in [4.69, 9.17) is 25.3 Å². The van der Waals surface area contributed by atoms with Crippen LogP contribution in [0.4, 0.5) is 0 Å². The number of hydrogen-bond acceptors (Lipinski definition) is 9. The van der Waals surface area contributed by atoms with Crippen molar-refractivity contribution in [3.8, 4) is 0 Å². The summed E-state index contributed by atoms with van der Waals surface area (Å²) in [5, 5.41) is 0. The first-order chi connectivity index (χ1) is 7.37. The van der Waals surface area contributed by atoms with Gasteiger partial charge in [-0.15, -0.1) is 11.8 Å². The van der Waals surface area contributed by atoms with Crippen LogP contribution in [0.25, 0.3) is 0 Å². The summed E-state index contributed by atoms with van der Waals surface area (Å²) in [4.78, 5) is 0. The zero-order chi connectivity index (χ0) is 13.9. The Labute approximate surface area is 152 Å². The molecule has 1 rings (SSSR count). The highest BCUT2D eigenvalue weighted by molar-refractivity contribution is 8.19. The zero-order valence-electron chi connectivity index (χ0n) is 9.19. The Kier molecular flexibility index (Phi) is 5.47. The van der Waals surface area contributed by atoms with Gasteiger partial charge in [-0.25, -0.2) is 0 Å². The average Bonchev–Trinajstić information content (AvgIpc) is 2.29. The van der Waals surface area contributed by atoms with E-state index in [1.807, 2.05) is 13.2 Å². The van der Waals surface area contributed by atoms with Crippen molar-refractivity contribution in [2.75, 3.05) is 6.26 Å². The molecule has 0 aliphatic heterocycles. The summed E-state index contributed by atoms with van der Waals surface area (Å²) in [6.45, 7) is 2.01. The van der Waals surface area contributed by atoms with E-state index in [1.165, 1.54) is 11.8 Å². The molecule has 17 heavy (non-hydrogen) atoms. The standard InChI is InChI=1S/C8H16S9/c1-3-4(9)5(10,11)6(12,13)7(14,15)8(4,16)17-2/h9-16H,3H2,1-2H3. The van der Waals surface area contributed by atoms with Crippen molar-refractivity contribution >= 4 is 113 Å². The van der Waals surface area contributed by atoms with Crippen LogP contribution in [-0.2, 0) is 0 Å². The summed E-state index contributed by atoms with van der Waals surface area (Å²) in [6.07, 6.45) is 2.63. The molecule has 1 aliphatic carbocycles. The van der Waals surface area contributed by atoms with Crippen molar-refractivity contribution in [1.82, 2.24) is 0 Å². The first kappa shape index (κ1) is 18.2. The van der Waals surface area contributed by atoms with E-state index in [1.54, 1.807) is 0 Å². The van der Waals surface area contributed by atoms with Crippen LogP contribution >= 0.6 is 113 Å². The molecule has 0 saturated heterocycles. The third kappa shape index (κ3) is 1.92. The molecule has 0 aromatic heterocycles. The predicted octanol–water partition coefficient (Wildman–Crippen LogP) is 3.74. The zero-order valence-corrected chi connectivity index (χ0v) is 17.2. The van der Waals surface area contributed by atoms with Gasteiger partial charge in [0, 0.05) is 0 Å². The van der Waals surface area contributed by atoms with Gasteiger partial charge in [-0.3, -0.25) is 0 Å². The number of thiol groups is 8. The fourth-order valence-electron chi connectivity index (χ4n) is 2.09. The molecule has 0 radical (unpaired) electrons. The summed E-state index contributed by atoms with van der Waals surface area (Å²) in [5.41, 5.74) is 0. The van der Waals surface area contributed by atoms with Crippen LogP contribution in [0.5, 0.6) is 0 Å². The van der Waals surface area contributed by atoms with Crippen LogP contribution < -0.4 is 0 Å². The van der Waals surface area contributed by atoms with Crippen LogP contribution in [0.2, 0.25) is 0 Å². The van der Waals surface area contributed by atoms with Crippen LogP contribution in [0, 0.1) is 0 Å². The Morgan fingerprint density at radius 3 is 1.41 bits per heavy atom. The third-order valence-electron chi connectivity index (χ3n) is 3.39. The molecule has 0 spiro atoms. The Hall–Kier alpha value is 3.15. The van der Waals surface area contributed by atoms with E-state index in [9.17, 15) is 0 Å². The lowest BCUT2D eigenvalue weighted by Crippen LogP contribution is -2.52. The summed E-state index contributed by atoms with van der Waals surface area (Å²) in [7, 11) is 0. The highest BCUT2D eigenvalue weighted by Crippen LogP contribution is 2.77. The van der Waals surface area contributed by atoms with Gasteiger partial charge in [0.15, 0.2) is 0 Å². The maximum absolute atomic E-state index is 4.80. The molecular formula is C8H16S9. The molecule has 9 heteroatoms. The Balaban J connectivity index is 3.63. The van der Waals surface area contributed by atoms with Crippen molar-refractivity contribution in [3.05, 3.63) is 0 Å². The van der Waals surface area contributed by atoms with Gasteiger partial charge in [-0.2, -0.15) is 101 Å².